The van der Waals surface area contributed by atoms with Crippen LogP contribution < -0.4 is 5.32 Å². The molecule has 0 aliphatic carbocycles. The highest BCUT2D eigenvalue weighted by molar-refractivity contribution is 5.48. The monoisotopic (exact) mass is 503 g/mol. The molecule has 0 saturated carbocycles. The van der Waals surface area contributed by atoms with E-state index < -0.39 is 16.4 Å². The standard InChI is InChI=1S/C32H41NO4/c1-30(2,23-35)26-15-16-27(28(36)21-26)31(18-9-10-20-34)22-33-19-17-29(31)32(37,24-11-5-3-6-12-24)25-13-7-4-8-14-25/h3-8,11-16,21,29,33-37H,9-10,17-20,22-23H2,1-2H3. The molecule has 3 aromatic carbocycles. The fourth-order valence-corrected chi connectivity index (χ4v) is 6.22. The van der Waals surface area contributed by atoms with Gasteiger partial charge in [-0.15, -0.1) is 0 Å². The van der Waals surface area contributed by atoms with Crippen LogP contribution in [-0.4, -0.2) is 46.7 Å². The molecule has 3 aromatic rings. The first-order valence-corrected chi connectivity index (χ1v) is 13.4. The van der Waals surface area contributed by atoms with Crippen LogP contribution in [0.25, 0.3) is 0 Å². The molecular formula is C32H41NO4. The fraction of sp³-hybridized carbons (Fsp3) is 0.438. The van der Waals surface area contributed by atoms with Crippen molar-refractivity contribution >= 4 is 0 Å². The third-order valence-electron chi connectivity index (χ3n) is 8.39. The maximum Gasteiger partial charge on any atom is 0.119 e. The number of benzene rings is 3. The van der Waals surface area contributed by atoms with Gasteiger partial charge in [0.05, 0.1) is 6.61 Å². The van der Waals surface area contributed by atoms with Gasteiger partial charge in [0.25, 0.3) is 0 Å². The largest absolute Gasteiger partial charge is 0.508 e. The van der Waals surface area contributed by atoms with Crippen molar-refractivity contribution in [3.05, 3.63) is 101 Å². The van der Waals surface area contributed by atoms with E-state index in [2.05, 4.69) is 5.32 Å². The lowest BCUT2D eigenvalue weighted by Gasteiger charge is -2.52. The highest BCUT2D eigenvalue weighted by Gasteiger charge is 2.54. The number of aliphatic hydroxyl groups excluding tert-OH is 2. The SMILES string of the molecule is CC(C)(CO)c1ccc(C2(CCCCO)CNCCC2C(O)(c2ccccc2)c2ccccc2)c(O)c1. The summed E-state index contributed by atoms with van der Waals surface area (Å²) in [5.74, 6) is -0.0625. The molecule has 5 N–H and O–H groups in total. The van der Waals surface area contributed by atoms with Gasteiger partial charge in [-0.3, -0.25) is 0 Å². The first-order valence-electron chi connectivity index (χ1n) is 13.4. The van der Waals surface area contributed by atoms with Gasteiger partial charge in [0.1, 0.15) is 11.4 Å². The molecule has 0 spiro atoms. The Hall–Kier alpha value is -2.70. The Labute approximate surface area is 220 Å². The molecule has 5 heteroatoms. The third kappa shape index (κ3) is 5.19. The van der Waals surface area contributed by atoms with E-state index in [-0.39, 0.29) is 24.9 Å². The first kappa shape index (κ1) is 27.3. The van der Waals surface area contributed by atoms with E-state index in [0.29, 0.717) is 25.8 Å². The summed E-state index contributed by atoms with van der Waals surface area (Å²) >= 11 is 0. The van der Waals surface area contributed by atoms with E-state index in [1.54, 1.807) is 6.07 Å². The first-order chi connectivity index (χ1) is 17.8. The third-order valence-corrected chi connectivity index (χ3v) is 8.39. The molecule has 0 amide bonds. The van der Waals surface area contributed by atoms with E-state index in [1.807, 2.05) is 86.6 Å². The van der Waals surface area contributed by atoms with Crippen LogP contribution >= 0.6 is 0 Å². The lowest BCUT2D eigenvalue weighted by atomic mass is 9.56. The fourth-order valence-electron chi connectivity index (χ4n) is 6.22. The second kappa shape index (κ2) is 11.4. The molecule has 5 nitrogen and oxygen atoms in total. The Morgan fingerprint density at radius 2 is 1.49 bits per heavy atom. The number of hydrogen-bond donors (Lipinski definition) is 5. The molecule has 1 aliphatic heterocycles. The average molecular weight is 504 g/mol. The van der Waals surface area contributed by atoms with Gasteiger partial charge in [0.2, 0.25) is 0 Å². The van der Waals surface area contributed by atoms with Crippen LogP contribution in [-0.2, 0) is 16.4 Å². The Morgan fingerprint density at radius 1 is 0.865 bits per heavy atom. The molecular weight excluding hydrogens is 462 g/mol. The van der Waals surface area contributed by atoms with Gasteiger partial charge in [-0.25, -0.2) is 0 Å². The number of phenolic OH excluding ortho intramolecular Hbond substituents is 1. The minimum absolute atomic E-state index is 0.0284. The summed E-state index contributed by atoms with van der Waals surface area (Å²) in [6.07, 6.45) is 2.82. The van der Waals surface area contributed by atoms with Crippen molar-refractivity contribution in [2.45, 2.75) is 56.0 Å². The average Bonchev–Trinajstić information content (AvgIpc) is 2.94. The van der Waals surface area contributed by atoms with Crippen molar-refractivity contribution in [3.63, 3.8) is 0 Å². The van der Waals surface area contributed by atoms with Gasteiger partial charge >= 0.3 is 0 Å². The van der Waals surface area contributed by atoms with Crippen molar-refractivity contribution in [3.8, 4) is 5.75 Å². The van der Waals surface area contributed by atoms with Crippen molar-refractivity contribution in [1.29, 1.82) is 0 Å². The number of piperidine rings is 1. The van der Waals surface area contributed by atoms with E-state index in [9.17, 15) is 20.4 Å². The van der Waals surface area contributed by atoms with Gasteiger partial charge in [0, 0.05) is 35.5 Å². The van der Waals surface area contributed by atoms with E-state index in [0.717, 1.165) is 35.2 Å². The zero-order chi connectivity index (χ0) is 26.5. The highest BCUT2D eigenvalue weighted by Crippen LogP contribution is 2.54. The second-order valence-corrected chi connectivity index (χ2v) is 11.1. The number of rotatable bonds is 10. The Morgan fingerprint density at radius 3 is 2.03 bits per heavy atom. The van der Waals surface area contributed by atoms with E-state index in [4.69, 9.17) is 0 Å². The Balaban J connectivity index is 1.94. The molecule has 198 valence electrons. The van der Waals surface area contributed by atoms with Gasteiger partial charge in [-0.1, -0.05) is 93.1 Å². The smallest absolute Gasteiger partial charge is 0.119 e. The summed E-state index contributed by atoms with van der Waals surface area (Å²) in [7, 11) is 0. The van der Waals surface area contributed by atoms with Crippen molar-refractivity contribution in [2.75, 3.05) is 26.3 Å². The summed E-state index contributed by atoms with van der Waals surface area (Å²) in [4.78, 5) is 0. The van der Waals surface area contributed by atoms with Gasteiger partial charge in [-0.05, 0) is 48.6 Å². The number of aliphatic hydroxyl groups is 3. The van der Waals surface area contributed by atoms with E-state index >= 15 is 0 Å². The maximum absolute atomic E-state index is 12.9. The molecule has 37 heavy (non-hydrogen) atoms. The molecule has 0 radical (unpaired) electrons. The zero-order valence-corrected chi connectivity index (χ0v) is 22.0. The summed E-state index contributed by atoms with van der Waals surface area (Å²) in [5.41, 5.74) is 0.946. The maximum atomic E-state index is 12.9. The predicted octanol–water partition coefficient (Wildman–Crippen LogP) is 4.61. The summed E-state index contributed by atoms with van der Waals surface area (Å²) in [6.45, 7) is 5.33. The second-order valence-electron chi connectivity index (χ2n) is 11.1. The topological polar surface area (TPSA) is 93.0 Å². The van der Waals surface area contributed by atoms with Gasteiger partial charge in [-0.2, -0.15) is 0 Å². The summed E-state index contributed by atoms with van der Waals surface area (Å²) in [6, 6.07) is 25.4. The normalized spacial score (nSPS) is 20.6. The molecule has 1 aliphatic rings. The van der Waals surface area contributed by atoms with Crippen molar-refractivity contribution < 1.29 is 20.4 Å². The Bertz CT molecular complexity index is 1110. The number of hydrogen-bond acceptors (Lipinski definition) is 5. The summed E-state index contributed by atoms with van der Waals surface area (Å²) < 4.78 is 0. The predicted molar refractivity (Wildman–Crippen MR) is 148 cm³/mol. The van der Waals surface area contributed by atoms with Crippen LogP contribution in [0.2, 0.25) is 0 Å². The minimum atomic E-state index is -1.29. The van der Waals surface area contributed by atoms with Crippen LogP contribution in [0.3, 0.4) is 0 Å². The van der Waals surface area contributed by atoms with Crippen LogP contribution in [0.15, 0.2) is 78.9 Å². The molecule has 0 bridgehead atoms. The highest BCUT2D eigenvalue weighted by atomic mass is 16.3. The molecule has 2 unspecified atom stereocenters. The van der Waals surface area contributed by atoms with E-state index in [1.165, 1.54) is 0 Å². The van der Waals surface area contributed by atoms with Crippen LogP contribution in [0.1, 0.15) is 61.8 Å². The molecule has 1 saturated heterocycles. The van der Waals surface area contributed by atoms with Crippen molar-refractivity contribution in [2.24, 2.45) is 5.92 Å². The molecule has 4 rings (SSSR count). The molecule has 2 atom stereocenters. The minimum Gasteiger partial charge on any atom is -0.508 e. The lowest BCUT2D eigenvalue weighted by molar-refractivity contribution is -0.0424. The van der Waals surface area contributed by atoms with Crippen LogP contribution in [0.5, 0.6) is 5.75 Å². The lowest BCUT2D eigenvalue weighted by Crippen LogP contribution is -2.57. The molecule has 1 heterocycles. The van der Waals surface area contributed by atoms with Crippen molar-refractivity contribution in [1.82, 2.24) is 5.32 Å². The summed E-state index contributed by atoms with van der Waals surface area (Å²) in [5, 5.41) is 47.4. The zero-order valence-electron chi connectivity index (χ0n) is 22.0. The Kier molecular flexibility index (Phi) is 8.39. The van der Waals surface area contributed by atoms with Crippen LogP contribution in [0, 0.1) is 5.92 Å². The van der Waals surface area contributed by atoms with Crippen LogP contribution in [0.4, 0.5) is 0 Å². The molecule has 0 aromatic heterocycles. The van der Waals surface area contributed by atoms with Gasteiger partial charge in [0.15, 0.2) is 0 Å². The number of aromatic hydroxyl groups is 1. The quantitative estimate of drug-likeness (QED) is 0.261. The number of phenols is 1. The molecule has 1 fully saturated rings. The number of unbranched alkanes of at least 4 members (excludes halogenated alkanes) is 1. The number of nitrogens with one attached hydrogen (secondary N) is 1. The van der Waals surface area contributed by atoms with Gasteiger partial charge < -0.3 is 25.7 Å².